The first kappa shape index (κ1) is 53.7. The molecule has 0 aromatic carbocycles. The molecule has 0 saturated carbocycles. The second-order valence-electron chi connectivity index (χ2n) is 8.76. The number of ether oxygens (including phenoxy) is 1. The summed E-state index contributed by atoms with van der Waals surface area (Å²) < 4.78 is 4.68. The van der Waals surface area contributed by atoms with Gasteiger partial charge >= 0.3 is 5.97 Å². The molecule has 0 heterocycles. The summed E-state index contributed by atoms with van der Waals surface area (Å²) in [4.78, 5) is 10.3. The second kappa shape index (κ2) is 36.1. The highest BCUT2D eigenvalue weighted by Crippen LogP contribution is 1.97. The van der Waals surface area contributed by atoms with Crippen molar-refractivity contribution in [2.24, 2.45) is 0 Å². The molecule has 282 valence electrons. The Hall–Kier alpha value is -1.75. The Kier molecular flexibility index (Phi) is 42.2. The van der Waals surface area contributed by atoms with E-state index in [0.717, 1.165) is 6.26 Å². The number of aliphatic hydroxyl groups excluding tert-OH is 19. The van der Waals surface area contributed by atoms with Crippen LogP contribution >= 0.6 is 0 Å². The van der Waals surface area contributed by atoms with Gasteiger partial charge in [-0.3, -0.25) is 0 Å². The smallest absolute Gasteiger partial charge is 0.334 e. The predicted molar refractivity (Wildman–Crippen MR) is 151 cm³/mol. The third kappa shape index (κ3) is 33.6. The van der Waals surface area contributed by atoms with Crippen LogP contribution in [0, 0.1) is 0 Å². The van der Waals surface area contributed by atoms with Crippen LogP contribution in [0.2, 0.25) is 0 Å². The van der Waals surface area contributed by atoms with E-state index in [1.807, 2.05) is 0 Å². The highest BCUT2D eigenvalue weighted by molar-refractivity contribution is 5.85. The van der Waals surface area contributed by atoms with Crippen LogP contribution in [-0.2, 0) is 9.53 Å². The molecule has 22 nitrogen and oxygen atoms in total. The Balaban J connectivity index is -0.000000156. The first-order valence-electron chi connectivity index (χ1n) is 13.2. The highest BCUT2D eigenvalue weighted by atomic mass is 16.5. The monoisotopic (exact) mass is 694 g/mol. The van der Waals surface area contributed by atoms with Crippen molar-refractivity contribution >= 4 is 5.97 Å². The van der Waals surface area contributed by atoms with E-state index >= 15 is 0 Å². The standard InChI is InChI=1S/C8H14O6.4C4H10O4/c1-5(8(12)13)3-14-4-7(11)6(10)2-9;4*5-1-3(7)4(8)2-6/h3,6-7,9-11H,2,4H2,1H3,(H,12,13);4*3-8H,1-2H2/t6-,7+;4*3-,4+/m1..../s1. The van der Waals surface area contributed by atoms with Crippen LogP contribution in [0.4, 0.5) is 0 Å². The van der Waals surface area contributed by atoms with Crippen molar-refractivity contribution in [3.63, 3.8) is 0 Å². The number of carbonyl (C=O) groups is 1. The Bertz CT molecular complexity index is 576. The van der Waals surface area contributed by atoms with Gasteiger partial charge in [0.15, 0.2) is 0 Å². The van der Waals surface area contributed by atoms with Gasteiger partial charge in [0.05, 0.1) is 71.3 Å². The fourth-order valence-corrected chi connectivity index (χ4v) is 1.53. The topological polar surface area (TPSA) is 431 Å². The van der Waals surface area contributed by atoms with E-state index in [2.05, 4.69) is 4.74 Å². The van der Waals surface area contributed by atoms with Crippen LogP contribution < -0.4 is 0 Å². The number of rotatable bonds is 18. The average Bonchev–Trinajstić information content (AvgIpc) is 3.08. The van der Waals surface area contributed by atoms with E-state index in [4.69, 9.17) is 102 Å². The van der Waals surface area contributed by atoms with Crippen molar-refractivity contribution in [1.29, 1.82) is 0 Å². The van der Waals surface area contributed by atoms with Gasteiger partial charge < -0.3 is 107 Å². The maximum Gasteiger partial charge on any atom is 0.334 e. The van der Waals surface area contributed by atoms with Crippen molar-refractivity contribution in [3.8, 4) is 0 Å². The van der Waals surface area contributed by atoms with E-state index in [-0.39, 0.29) is 12.2 Å². The van der Waals surface area contributed by atoms with Crippen molar-refractivity contribution in [2.45, 2.75) is 68.0 Å². The molecule has 10 atom stereocenters. The van der Waals surface area contributed by atoms with Crippen LogP contribution in [0.15, 0.2) is 11.8 Å². The van der Waals surface area contributed by atoms with Gasteiger partial charge in [-0.25, -0.2) is 4.79 Å². The Morgan fingerprint density at radius 3 is 0.761 bits per heavy atom. The molecule has 0 radical (unpaired) electrons. The van der Waals surface area contributed by atoms with Crippen LogP contribution in [0.5, 0.6) is 0 Å². The summed E-state index contributed by atoms with van der Waals surface area (Å²) in [7, 11) is 0. The van der Waals surface area contributed by atoms with Gasteiger partial charge in [-0.15, -0.1) is 0 Å². The molecule has 0 aliphatic rings. The molecule has 0 aromatic heterocycles. The predicted octanol–water partition coefficient (Wildman–Crippen LogP) is -10.5. The van der Waals surface area contributed by atoms with Crippen LogP contribution in [0.1, 0.15) is 6.92 Å². The molecule has 22 heteroatoms. The Morgan fingerprint density at radius 1 is 0.435 bits per heavy atom. The molecule has 0 aromatic rings. The third-order valence-corrected chi connectivity index (χ3v) is 4.77. The van der Waals surface area contributed by atoms with E-state index in [0.29, 0.717) is 0 Å². The van der Waals surface area contributed by atoms with Gasteiger partial charge in [-0.2, -0.15) is 0 Å². The van der Waals surface area contributed by atoms with Crippen molar-refractivity contribution in [2.75, 3.05) is 66.1 Å². The lowest BCUT2D eigenvalue weighted by Crippen LogP contribution is -2.32. The van der Waals surface area contributed by atoms with Crippen LogP contribution in [0.3, 0.4) is 0 Å². The van der Waals surface area contributed by atoms with Gasteiger partial charge in [0.1, 0.15) is 67.6 Å². The summed E-state index contributed by atoms with van der Waals surface area (Å²) >= 11 is 0. The lowest BCUT2D eigenvalue weighted by molar-refractivity contribution is -0.132. The third-order valence-electron chi connectivity index (χ3n) is 4.77. The maximum absolute atomic E-state index is 10.3. The molecule has 0 bridgehead atoms. The average molecular weight is 695 g/mol. The van der Waals surface area contributed by atoms with Gasteiger partial charge in [-0.05, 0) is 6.92 Å². The fraction of sp³-hybridized carbons (Fsp3) is 0.875. The molecule has 0 aliphatic heterocycles. The molecule has 0 aliphatic carbocycles. The largest absolute Gasteiger partial charge is 0.498 e. The summed E-state index contributed by atoms with van der Waals surface area (Å²) in [6.07, 6.45) is -11.3. The van der Waals surface area contributed by atoms with Crippen molar-refractivity contribution in [1.82, 2.24) is 0 Å². The van der Waals surface area contributed by atoms with Gasteiger partial charge in [-0.1, -0.05) is 0 Å². The molecule has 0 amide bonds. The number of carboxylic acid groups (broad SMARTS) is 1. The van der Waals surface area contributed by atoms with E-state index in [9.17, 15) is 4.79 Å². The quantitative estimate of drug-likeness (QED) is 0.0467. The summed E-state index contributed by atoms with van der Waals surface area (Å²) in [6.45, 7) is -3.73. The maximum atomic E-state index is 10.3. The highest BCUT2D eigenvalue weighted by Gasteiger charge is 2.16. The van der Waals surface area contributed by atoms with Crippen LogP contribution in [0.25, 0.3) is 0 Å². The zero-order valence-electron chi connectivity index (χ0n) is 25.2. The summed E-state index contributed by atoms with van der Waals surface area (Å²) in [5.74, 6) is -1.12. The zero-order chi connectivity index (χ0) is 37.4. The Labute approximate surface area is 264 Å². The first-order valence-corrected chi connectivity index (χ1v) is 13.2. The van der Waals surface area contributed by atoms with Gasteiger partial charge in [0, 0.05) is 0 Å². The van der Waals surface area contributed by atoms with Gasteiger partial charge in [0.2, 0.25) is 0 Å². The molecule has 0 unspecified atom stereocenters. The first-order chi connectivity index (χ1) is 21.4. The molecule has 0 fully saturated rings. The molecular formula is C24H54O22. The summed E-state index contributed by atoms with van der Waals surface area (Å²) in [5, 5.41) is 167. The normalized spacial score (nSPS) is 17.4. The number of hydrogen-bond acceptors (Lipinski definition) is 21. The molecule has 0 saturated heterocycles. The zero-order valence-corrected chi connectivity index (χ0v) is 25.2. The lowest BCUT2D eigenvalue weighted by Gasteiger charge is -2.14. The molecular weight excluding hydrogens is 640 g/mol. The lowest BCUT2D eigenvalue weighted by atomic mass is 10.2. The number of aliphatic hydroxyl groups is 19. The van der Waals surface area contributed by atoms with Crippen LogP contribution in [-0.4, -0.2) is 235 Å². The number of carboxylic acids is 1. The minimum atomic E-state index is -1.28. The Morgan fingerprint density at radius 2 is 0.609 bits per heavy atom. The van der Waals surface area contributed by atoms with Gasteiger partial charge in [0.25, 0.3) is 0 Å². The van der Waals surface area contributed by atoms with Crippen molar-refractivity contribution < 1.29 is 112 Å². The molecule has 0 spiro atoms. The summed E-state index contributed by atoms with van der Waals surface area (Å²) in [6, 6.07) is 0. The van der Waals surface area contributed by atoms with Crippen molar-refractivity contribution in [3.05, 3.63) is 11.8 Å². The second-order valence-corrected chi connectivity index (χ2v) is 8.76. The molecule has 46 heavy (non-hydrogen) atoms. The summed E-state index contributed by atoms with van der Waals surface area (Å²) in [5.41, 5.74) is -0.0179. The fourth-order valence-electron chi connectivity index (χ4n) is 1.53. The van der Waals surface area contributed by atoms with E-state index in [1.165, 1.54) is 6.92 Å². The minimum absolute atomic E-state index is 0.0179. The molecule has 0 rings (SSSR count). The number of aliphatic carboxylic acids is 1. The SMILES string of the molecule is CC(=COC[C@H](O)[C@H](O)CO)C(=O)O.OC[C@@H](O)[C@@H](O)CO.OC[C@@H](O)[C@@H](O)CO.OC[C@@H](O)[C@@H](O)CO.OC[C@@H](O)[C@@H](O)CO. The minimum Gasteiger partial charge on any atom is -0.498 e. The number of hydrogen-bond donors (Lipinski definition) is 20. The van der Waals surface area contributed by atoms with E-state index in [1.54, 1.807) is 0 Å². The molecule has 20 N–H and O–H groups in total. The van der Waals surface area contributed by atoms with E-state index < -0.39 is 126 Å².